The van der Waals surface area contributed by atoms with Crippen LogP contribution in [0.4, 0.5) is 0 Å². The highest BCUT2D eigenvalue weighted by Crippen LogP contribution is 2.24. The van der Waals surface area contributed by atoms with Crippen LogP contribution in [-0.2, 0) is 9.59 Å². The van der Waals surface area contributed by atoms with Crippen LogP contribution in [-0.4, -0.2) is 60.4 Å². The molecule has 5 heteroatoms. The molecule has 0 aromatic carbocycles. The number of hydrogen-bond acceptors (Lipinski definition) is 3. The quantitative estimate of drug-likeness (QED) is 0.831. The number of rotatable bonds is 4. The molecule has 0 aromatic rings. The lowest BCUT2D eigenvalue weighted by Crippen LogP contribution is -2.66. The molecule has 20 heavy (non-hydrogen) atoms. The second-order valence-corrected chi connectivity index (χ2v) is 6.29. The normalized spacial score (nSPS) is 27.6. The van der Waals surface area contributed by atoms with Gasteiger partial charge in [-0.3, -0.25) is 9.59 Å². The average molecular weight is 281 g/mol. The minimum Gasteiger partial charge on any atom is -0.340 e. The first-order valence-electron chi connectivity index (χ1n) is 7.79. The van der Waals surface area contributed by atoms with Crippen molar-refractivity contribution in [3.63, 3.8) is 0 Å². The van der Waals surface area contributed by atoms with Gasteiger partial charge in [0.1, 0.15) is 5.54 Å². The second-order valence-electron chi connectivity index (χ2n) is 6.29. The summed E-state index contributed by atoms with van der Waals surface area (Å²) in [6, 6.07) is 0. The maximum absolute atomic E-state index is 12.7. The van der Waals surface area contributed by atoms with Gasteiger partial charge in [-0.15, -0.1) is 0 Å². The van der Waals surface area contributed by atoms with Crippen LogP contribution in [0.3, 0.4) is 0 Å². The number of carbonyl (C=O) groups is 2. The minimum atomic E-state index is -0.671. The van der Waals surface area contributed by atoms with Crippen molar-refractivity contribution >= 4 is 11.8 Å². The first-order chi connectivity index (χ1) is 9.50. The molecule has 0 bridgehead atoms. The molecule has 0 aromatic heterocycles. The highest BCUT2D eigenvalue weighted by molar-refractivity contribution is 5.97. The van der Waals surface area contributed by atoms with Crippen LogP contribution in [0.5, 0.6) is 0 Å². The summed E-state index contributed by atoms with van der Waals surface area (Å²) >= 11 is 0. The van der Waals surface area contributed by atoms with E-state index in [1.54, 1.807) is 4.90 Å². The number of piperazine rings is 1. The molecule has 114 valence electrons. The Bertz CT molecular complexity index is 379. The Morgan fingerprint density at radius 3 is 2.60 bits per heavy atom. The van der Waals surface area contributed by atoms with Crippen molar-refractivity contribution in [2.45, 2.75) is 45.1 Å². The zero-order valence-corrected chi connectivity index (χ0v) is 12.9. The third-order valence-corrected chi connectivity index (χ3v) is 4.82. The zero-order chi connectivity index (χ0) is 14.8. The van der Waals surface area contributed by atoms with E-state index >= 15 is 0 Å². The van der Waals surface area contributed by atoms with E-state index in [9.17, 15) is 9.59 Å². The number of amides is 2. The molecule has 1 unspecified atom stereocenters. The van der Waals surface area contributed by atoms with Gasteiger partial charge in [-0.05, 0) is 45.2 Å². The fraction of sp³-hybridized carbons (Fsp3) is 0.867. The van der Waals surface area contributed by atoms with Crippen molar-refractivity contribution in [3.05, 3.63) is 0 Å². The molecule has 2 amide bonds. The lowest BCUT2D eigenvalue weighted by Gasteiger charge is -2.43. The molecular formula is C15H27N3O2. The lowest BCUT2D eigenvalue weighted by molar-refractivity contribution is -0.151. The number of likely N-dealkylation sites (tertiary alicyclic amines) is 1. The number of nitrogens with zero attached hydrogens (tertiary/aromatic N) is 2. The Balaban J connectivity index is 2.06. The summed E-state index contributed by atoms with van der Waals surface area (Å²) in [7, 11) is 2.12. The van der Waals surface area contributed by atoms with Crippen LogP contribution in [0.15, 0.2) is 0 Å². The Morgan fingerprint density at radius 1 is 1.30 bits per heavy atom. The average Bonchev–Trinajstić information content (AvgIpc) is 2.42. The number of hydrogen-bond donors (Lipinski definition) is 1. The zero-order valence-electron chi connectivity index (χ0n) is 12.9. The highest BCUT2D eigenvalue weighted by atomic mass is 16.2. The van der Waals surface area contributed by atoms with Gasteiger partial charge >= 0.3 is 0 Å². The Labute approximate surface area is 121 Å². The van der Waals surface area contributed by atoms with Gasteiger partial charge in [0.05, 0.1) is 6.54 Å². The molecule has 2 saturated heterocycles. The van der Waals surface area contributed by atoms with E-state index in [0.29, 0.717) is 18.8 Å². The molecule has 5 nitrogen and oxygen atoms in total. The smallest absolute Gasteiger partial charge is 0.248 e. The lowest BCUT2D eigenvalue weighted by atomic mass is 9.88. The summed E-state index contributed by atoms with van der Waals surface area (Å²) < 4.78 is 0. The second kappa shape index (κ2) is 6.12. The molecular weight excluding hydrogens is 254 g/mol. The van der Waals surface area contributed by atoms with E-state index in [-0.39, 0.29) is 18.4 Å². The maximum Gasteiger partial charge on any atom is 0.248 e. The summed E-state index contributed by atoms with van der Waals surface area (Å²) in [5.41, 5.74) is -0.671. The molecule has 2 heterocycles. The van der Waals surface area contributed by atoms with Crippen LogP contribution in [0.1, 0.15) is 39.5 Å². The van der Waals surface area contributed by atoms with Gasteiger partial charge in [-0.2, -0.15) is 0 Å². The van der Waals surface area contributed by atoms with Gasteiger partial charge in [-0.25, -0.2) is 0 Å². The SMILES string of the molecule is CCC1(CC)NC(=O)CN(CC2CCCN(C)C2)C1=O. The van der Waals surface area contributed by atoms with Crippen molar-refractivity contribution in [2.24, 2.45) is 5.92 Å². The molecule has 2 rings (SSSR count). The third-order valence-electron chi connectivity index (χ3n) is 4.82. The summed E-state index contributed by atoms with van der Waals surface area (Å²) in [6.45, 7) is 7.05. The van der Waals surface area contributed by atoms with Gasteiger partial charge in [0.15, 0.2) is 0 Å². The van der Waals surface area contributed by atoms with Crippen molar-refractivity contribution in [1.29, 1.82) is 0 Å². The molecule has 0 saturated carbocycles. The topological polar surface area (TPSA) is 52.7 Å². The Hall–Kier alpha value is -1.10. The van der Waals surface area contributed by atoms with Gasteiger partial charge in [0, 0.05) is 13.1 Å². The van der Waals surface area contributed by atoms with Crippen molar-refractivity contribution in [2.75, 3.05) is 33.2 Å². The first-order valence-corrected chi connectivity index (χ1v) is 7.79. The van der Waals surface area contributed by atoms with E-state index in [1.165, 1.54) is 6.42 Å². The summed E-state index contributed by atoms with van der Waals surface area (Å²) in [5, 5.41) is 2.91. The van der Waals surface area contributed by atoms with Crippen molar-refractivity contribution < 1.29 is 9.59 Å². The summed E-state index contributed by atoms with van der Waals surface area (Å²) in [5.74, 6) is 0.586. The maximum atomic E-state index is 12.7. The predicted molar refractivity (Wildman–Crippen MR) is 78.3 cm³/mol. The van der Waals surface area contributed by atoms with Gasteiger partial charge in [0.25, 0.3) is 0 Å². The van der Waals surface area contributed by atoms with Crippen LogP contribution in [0.2, 0.25) is 0 Å². The van der Waals surface area contributed by atoms with E-state index in [4.69, 9.17) is 0 Å². The summed E-state index contributed by atoms with van der Waals surface area (Å²) in [4.78, 5) is 28.8. The Morgan fingerprint density at radius 2 is 2.00 bits per heavy atom. The molecule has 0 aliphatic carbocycles. The predicted octanol–water partition coefficient (Wildman–Crippen LogP) is 0.845. The first kappa shape index (κ1) is 15.3. The minimum absolute atomic E-state index is 0.0162. The molecule has 1 atom stereocenters. The van der Waals surface area contributed by atoms with E-state index in [1.807, 2.05) is 13.8 Å². The van der Waals surface area contributed by atoms with Crippen LogP contribution >= 0.6 is 0 Å². The Kier molecular flexibility index (Phi) is 4.68. The van der Waals surface area contributed by atoms with E-state index < -0.39 is 5.54 Å². The standard InChI is InChI=1S/C15H27N3O2/c1-4-15(5-2)14(20)18(11-13(19)16-15)10-12-7-6-8-17(3)9-12/h12H,4-11H2,1-3H3,(H,16,19). The largest absolute Gasteiger partial charge is 0.340 e. The van der Waals surface area contributed by atoms with Crippen molar-refractivity contribution in [3.8, 4) is 0 Å². The fourth-order valence-electron chi connectivity index (χ4n) is 3.52. The van der Waals surface area contributed by atoms with Gasteiger partial charge in [0.2, 0.25) is 11.8 Å². The molecule has 0 spiro atoms. The van der Waals surface area contributed by atoms with Gasteiger partial charge < -0.3 is 15.1 Å². The summed E-state index contributed by atoms with van der Waals surface area (Å²) in [6.07, 6.45) is 3.66. The molecule has 2 fully saturated rings. The van der Waals surface area contributed by atoms with E-state index in [0.717, 1.165) is 26.1 Å². The number of piperidine rings is 1. The molecule has 0 radical (unpaired) electrons. The number of carbonyl (C=O) groups excluding carboxylic acids is 2. The van der Waals surface area contributed by atoms with Gasteiger partial charge in [-0.1, -0.05) is 13.8 Å². The van der Waals surface area contributed by atoms with E-state index in [2.05, 4.69) is 17.3 Å². The molecule has 2 aliphatic rings. The number of nitrogens with one attached hydrogen (secondary N) is 1. The van der Waals surface area contributed by atoms with Crippen molar-refractivity contribution in [1.82, 2.24) is 15.1 Å². The fourth-order valence-corrected chi connectivity index (χ4v) is 3.52. The van der Waals surface area contributed by atoms with Crippen LogP contribution in [0.25, 0.3) is 0 Å². The molecule has 1 N–H and O–H groups in total. The van der Waals surface area contributed by atoms with Crippen LogP contribution < -0.4 is 5.32 Å². The third kappa shape index (κ3) is 2.97. The monoisotopic (exact) mass is 281 g/mol. The van der Waals surface area contributed by atoms with Crippen LogP contribution in [0, 0.1) is 5.92 Å². The highest BCUT2D eigenvalue weighted by Gasteiger charge is 2.44. The molecule has 2 aliphatic heterocycles.